The minimum Gasteiger partial charge on any atom is -0.454 e. The Morgan fingerprint density at radius 1 is 0.457 bits per heavy atom. The predicted molar refractivity (Wildman–Crippen MR) is 195 cm³/mol. The van der Waals surface area contributed by atoms with Gasteiger partial charge in [-0.05, 0) is 74.0 Å². The second-order valence-electron chi connectivity index (χ2n) is 13.7. The molecule has 1 aromatic heterocycles. The quantitative estimate of drug-likeness (QED) is 0.187. The van der Waals surface area contributed by atoms with Gasteiger partial charge >= 0.3 is 0 Å². The van der Waals surface area contributed by atoms with Crippen LogP contribution in [-0.4, -0.2) is 0 Å². The lowest BCUT2D eigenvalue weighted by Crippen LogP contribution is -2.15. The van der Waals surface area contributed by atoms with Crippen LogP contribution in [0.3, 0.4) is 0 Å². The van der Waals surface area contributed by atoms with Crippen LogP contribution in [0.1, 0.15) is 26.3 Å². The largest absolute Gasteiger partial charge is 0.454 e. The zero-order chi connectivity index (χ0) is 30.7. The molecule has 0 saturated carbocycles. The lowest BCUT2D eigenvalue weighted by Gasteiger charge is -2.34. The molecule has 0 N–H and O–H groups in total. The van der Waals surface area contributed by atoms with E-state index in [1.165, 1.54) is 76.9 Å². The molecule has 218 valence electrons. The Hall–Kier alpha value is -5.60. The summed E-state index contributed by atoms with van der Waals surface area (Å²) in [5.41, 5.74) is 11.5. The Kier molecular flexibility index (Phi) is 5.02. The fraction of sp³-hybridized carbons (Fsp3) is 0.0909. The normalized spacial score (nSPS) is 13.1. The SMILES string of the molecule is CC(C)(C)c1cccc2c1oc1c(N3c4ccccc4-c4cc5cccc6c(-c7ccccc7)cc7ccc3c4c7c56)cccc12. The maximum atomic E-state index is 6.93. The summed E-state index contributed by atoms with van der Waals surface area (Å²) in [5, 5.41) is 10.1. The predicted octanol–water partition coefficient (Wildman–Crippen LogP) is 12.9. The van der Waals surface area contributed by atoms with Crippen molar-refractivity contribution in [1.29, 1.82) is 0 Å². The summed E-state index contributed by atoms with van der Waals surface area (Å²) in [6.07, 6.45) is 0. The molecule has 1 aliphatic rings. The molecule has 2 nitrogen and oxygen atoms in total. The van der Waals surface area contributed by atoms with Crippen molar-refractivity contribution < 1.29 is 4.42 Å². The van der Waals surface area contributed by atoms with Gasteiger partial charge in [-0.1, -0.05) is 124 Å². The van der Waals surface area contributed by atoms with Crippen LogP contribution in [0.2, 0.25) is 0 Å². The van der Waals surface area contributed by atoms with Gasteiger partial charge in [0.1, 0.15) is 5.58 Å². The zero-order valence-electron chi connectivity index (χ0n) is 26.1. The van der Waals surface area contributed by atoms with E-state index in [-0.39, 0.29) is 5.41 Å². The molecule has 0 fully saturated rings. The first-order valence-corrected chi connectivity index (χ1v) is 16.1. The number of para-hydroxylation sites is 3. The maximum absolute atomic E-state index is 6.93. The Morgan fingerprint density at radius 3 is 1.98 bits per heavy atom. The lowest BCUT2D eigenvalue weighted by molar-refractivity contribution is 0.573. The molecular formula is C44H31NO. The number of fused-ring (bicyclic) bond motifs is 5. The molecular weight excluding hydrogens is 558 g/mol. The van der Waals surface area contributed by atoms with Crippen LogP contribution in [0.25, 0.3) is 76.5 Å². The Balaban J connectivity index is 1.33. The number of hydrogen-bond acceptors (Lipinski definition) is 2. The Morgan fingerprint density at radius 2 is 1.13 bits per heavy atom. The van der Waals surface area contributed by atoms with Crippen LogP contribution in [0.4, 0.5) is 17.1 Å². The molecule has 1 aliphatic heterocycles. The second-order valence-corrected chi connectivity index (χ2v) is 13.7. The fourth-order valence-corrected chi connectivity index (χ4v) is 8.04. The number of hydrogen-bond donors (Lipinski definition) is 0. The third-order valence-electron chi connectivity index (χ3n) is 10.0. The van der Waals surface area contributed by atoms with E-state index in [1.807, 2.05) is 0 Å². The number of benzene rings is 8. The van der Waals surface area contributed by atoms with Gasteiger partial charge < -0.3 is 9.32 Å². The van der Waals surface area contributed by atoms with Gasteiger partial charge in [0.25, 0.3) is 0 Å². The van der Waals surface area contributed by atoms with Gasteiger partial charge in [0.2, 0.25) is 0 Å². The van der Waals surface area contributed by atoms with Crippen molar-refractivity contribution >= 4 is 71.3 Å². The van der Waals surface area contributed by atoms with Crippen LogP contribution < -0.4 is 4.90 Å². The molecule has 9 aromatic rings. The van der Waals surface area contributed by atoms with Crippen LogP contribution in [0.5, 0.6) is 0 Å². The minimum absolute atomic E-state index is 0.0369. The summed E-state index contributed by atoms with van der Waals surface area (Å²) < 4.78 is 6.93. The van der Waals surface area contributed by atoms with E-state index in [1.54, 1.807) is 0 Å². The molecule has 0 saturated heterocycles. The molecule has 0 amide bonds. The van der Waals surface area contributed by atoms with E-state index in [2.05, 4.69) is 159 Å². The van der Waals surface area contributed by atoms with Crippen LogP contribution in [-0.2, 0) is 5.41 Å². The van der Waals surface area contributed by atoms with Gasteiger partial charge in [-0.15, -0.1) is 0 Å². The molecule has 0 radical (unpaired) electrons. The first kappa shape index (κ1) is 25.7. The van der Waals surface area contributed by atoms with Gasteiger partial charge in [0.15, 0.2) is 5.58 Å². The standard InChI is InChI=1S/C44H31NO/c1-44(2,3)35-19-10-17-31-32-18-11-21-38(43(32)46-42(31)35)45-36-20-8-7-15-29(36)34-25-27-14-9-16-30-33(26-12-5-4-6-13-26)24-28-22-23-37(45)41(34)40(28)39(27)30/h4-25H,1-3H3. The highest BCUT2D eigenvalue weighted by molar-refractivity contribution is 6.33. The van der Waals surface area contributed by atoms with E-state index in [0.717, 1.165) is 22.2 Å². The second kappa shape index (κ2) is 8.99. The van der Waals surface area contributed by atoms with Crippen molar-refractivity contribution in [1.82, 2.24) is 0 Å². The topological polar surface area (TPSA) is 16.4 Å². The molecule has 0 unspecified atom stereocenters. The summed E-state index contributed by atoms with van der Waals surface area (Å²) in [6.45, 7) is 6.77. The van der Waals surface area contributed by atoms with E-state index in [0.29, 0.717) is 0 Å². The van der Waals surface area contributed by atoms with Crippen molar-refractivity contribution in [2.75, 3.05) is 4.90 Å². The van der Waals surface area contributed by atoms with E-state index >= 15 is 0 Å². The summed E-state index contributed by atoms with van der Waals surface area (Å²) in [5.74, 6) is 0. The van der Waals surface area contributed by atoms with E-state index < -0.39 is 0 Å². The van der Waals surface area contributed by atoms with Crippen LogP contribution in [0.15, 0.2) is 138 Å². The molecule has 10 rings (SSSR count). The van der Waals surface area contributed by atoms with Crippen LogP contribution in [0, 0.1) is 0 Å². The van der Waals surface area contributed by atoms with E-state index in [9.17, 15) is 0 Å². The number of anilines is 3. The summed E-state index contributed by atoms with van der Waals surface area (Å²) in [4.78, 5) is 2.44. The van der Waals surface area contributed by atoms with Gasteiger partial charge in [-0.25, -0.2) is 0 Å². The summed E-state index contributed by atoms with van der Waals surface area (Å²) in [7, 11) is 0. The average molecular weight is 590 g/mol. The molecule has 0 atom stereocenters. The molecule has 8 aromatic carbocycles. The van der Waals surface area contributed by atoms with Crippen molar-refractivity contribution in [3.05, 3.63) is 139 Å². The fourth-order valence-electron chi connectivity index (χ4n) is 8.04. The van der Waals surface area contributed by atoms with Crippen molar-refractivity contribution in [2.24, 2.45) is 0 Å². The van der Waals surface area contributed by atoms with Crippen LogP contribution >= 0.6 is 0 Å². The van der Waals surface area contributed by atoms with Gasteiger partial charge in [-0.2, -0.15) is 0 Å². The first-order chi connectivity index (χ1) is 22.5. The third kappa shape index (κ3) is 3.36. The lowest BCUT2D eigenvalue weighted by atomic mass is 9.83. The Labute approximate surface area is 267 Å². The number of rotatable bonds is 2. The molecule has 0 aliphatic carbocycles. The highest BCUT2D eigenvalue weighted by Gasteiger charge is 2.31. The van der Waals surface area contributed by atoms with Crippen molar-refractivity contribution in [2.45, 2.75) is 26.2 Å². The molecule has 0 bridgehead atoms. The van der Waals surface area contributed by atoms with Gasteiger partial charge in [0, 0.05) is 32.7 Å². The zero-order valence-corrected chi connectivity index (χ0v) is 26.1. The van der Waals surface area contributed by atoms with Gasteiger partial charge in [0.05, 0.1) is 17.1 Å². The monoisotopic (exact) mass is 589 g/mol. The van der Waals surface area contributed by atoms with E-state index in [4.69, 9.17) is 4.42 Å². The van der Waals surface area contributed by atoms with Gasteiger partial charge in [-0.3, -0.25) is 0 Å². The molecule has 2 heteroatoms. The molecule has 46 heavy (non-hydrogen) atoms. The Bertz CT molecular complexity index is 2670. The maximum Gasteiger partial charge on any atom is 0.159 e. The van der Waals surface area contributed by atoms with Crippen molar-refractivity contribution in [3.8, 4) is 22.3 Å². The first-order valence-electron chi connectivity index (χ1n) is 16.1. The number of nitrogens with zero attached hydrogens (tertiary/aromatic N) is 1. The van der Waals surface area contributed by atoms with Crippen molar-refractivity contribution in [3.63, 3.8) is 0 Å². The summed E-state index contributed by atoms with van der Waals surface area (Å²) in [6, 6.07) is 49.0. The number of furan rings is 1. The third-order valence-corrected chi connectivity index (χ3v) is 10.0. The minimum atomic E-state index is -0.0369. The molecule has 0 spiro atoms. The molecule has 2 heterocycles. The highest BCUT2D eigenvalue weighted by atomic mass is 16.3. The smallest absolute Gasteiger partial charge is 0.159 e. The average Bonchev–Trinajstić information content (AvgIpc) is 3.47. The summed E-state index contributed by atoms with van der Waals surface area (Å²) >= 11 is 0. The highest BCUT2D eigenvalue weighted by Crippen LogP contribution is 2.56.